The Bertz CT molecular complexity index is 822. The molecule has 0 aromatic heterocycles. The number of carbonyl (C=O) groups is 2. The molecule has 31 heavy (non-hydrogen) atoms. The molecule has 0 bridgehead atoms. The van der Waals surface area contributed by atoms with Crippen LogP contribution in [0.2, 0.25) is 0 Å². The number of nitrogens with two attached hydrogens (primary N) is 1. The zero-order valence-corrected chi connectivity index (χ0v) is 18.2. The molecule has 0 saturated carbocycles. The van der Waals surface area contributed by atoms with Crippen LogP contribution < -0.4 is 21.8 Å². The molecular formula is C23H33N5O3. The number of benzene rings is 2. The van der Waals surface area contributed by atoms with Gasteiger partial charge in [0.05, 0.1) is 0 Å². The summed E-state index contributed by atoms with van der Waals surface area (Å²) in [4.78, 5) is 25.9. The van der Waals surface area contributed by atoms with Crippen LogP contribution in [0.4, 0.5) is 0 Å². The number of nitrogens with one attached hydrogen (secondary N) is 3. The number of carbonyl (C=O) groups excluding carboxylic acids is 2. The Morgan fingerprint density at radius 3 is 2.16 bits per heavy atom. The zero-order chi connectivity index (χ0) is 22.6. The molecule has 0 aliphatic rings. The number of unbranched alkanes of at least 4 members (excludes halogenated alkanes) is 1. The van der Waals surface area contributed by atoms with E-state index in [0.717, 1.165) is 37.2 Å². The molecule has 0 saturated heterocycles. The molecule has 2 rings (SSSR count). The van der Waals surface area contributed by atoms with E-state index in [4.69, 9.17) is 10.9 Å². The largest absolute Gasteiger partial charge is 0.339 e. The number of nitrogens with zero attached hydrogens (tertiary/aromatic N) is 1. The second-order valence-corrected chi connectivity index (χ2v) is 7.70. The van der Waals surface area contributed by atoms with Crippen molar-refractivity contribution in [3.05, 3.63) is 59.7 Å². The lowest BCUT2D eigenvalue weighted by Crippen LogP contribution is -2.50. The molecule has 6 N–H and O–H groups in total. The maximum Gasteiger partial charge on any atom is 0.267 e. The smallest absolute Gasteiger partial charge is 0.267 e. The summed E-state index contributed by atoms with van der Waals surface area (Å²) < 4.78 is 0. The van der Waals surface area contributed by atoms with E-state index in [2.05, 4.69) is 53.9 Å². The van der Waals surface area contributed by atoms with Gasteiger partial charge >= 0.3 is 0 Å². The van der Waals surface area contributed by atoms with Gasteiger partial charge in [-0.1, -0.05) is 36.4 Å². The summed E-state index contributed by atoms with van der Waals surface area (Å²) in [5, 5.41) is 14.7. The Morgan fingerprint density at radius 1 is 1.00 bits per heavy atom. The lowest BCUT2D eigenvalue weighted by molar-refractivity contribution is -0.130. The maximum atomic E-state index is 12.3. The van der Waals surface area contributed by atoms with Crippen LogP contribution in [-0.2, 0) is 11.3 Å². The van der Waals surface area contributed by atoms with Crippen molar-refractivity contribution in [2.75, 3.05) is 33.7 Å². The topological polar surface area (TPSA) is 120 Å². The number of rotatable bonds is 12. The molecule has 0 unspecified atom stereocenters. The van der Waals surface area contributed by atoms with Crippen LogP contribution in [0.25, 0.3) is 11.1 Å². The van der Waals surface area contributed by atoms with Crippen LogP contribution >= 0.6 is 0 Å². The SMILES string of the molecule is CN(C)CCCCNCc1ccc(-c2ccc(C(=O)N[C@@H](CN)C(=O)NO)cc2)cc1. The summed E-state index contributed by atoms with van der Waals surface area (Å²) in [6.45, 7) is 2.84. The third kappa shape index (κ3) is 8.10. The minimum absolute atomic E-state index is 0.118. The van der Waals surface area contributed by atoms with Crippen LogP contribution in [-0.4, -0.2) is 61.7 Å². The summed E-state index contributed by atoms with van der Waals surface area (Å²) in [6, 6.07) is 14.4. The van der Waals surface area contributed by atoms with E-state index < -0.39 is 17.9 Å². The van der Waals surface area contributed by atoms with Crippen LogP contribution in [0.1, 0.15) is 28.8 Å². The predicted octanol–water partition coefficient (Wildman–Crippen LogP) is 1.35. The second kappa shape index (κ2) is 12.8. The quantitative estimate of drug-likeness (QED) is 0.198. The minimum atomic E-state index is -0.994. The molecule has 8 heteroatoms. The fraction of sp³-hybridized carbons (Fsp3) is 0.391. The van der Waals surface area contributed by atoms with Crippen molar-refractivity contribution >= 4 is 11.8 Å². The first-order valence-corrected chi connectivity index (χ1v) is 10.4. The molecule has 2 aromatic carbocycles. The third-order valence-electron chi connectivity index (χ3n) is 4.94. The van der Waals surface area contributed by atoms with Crippen molar-refractivity contribution in [3.8, 4) is 11.1 Å². The van der Waals surface area contributed by atoms with Gasteiger partial charge in [-0.15, -0.1) is 0 Å². The Hall–Kier alpha value is -2.78. The molecule has 0 aliphatic heterocycles. The zero-order valence-electron chi connectivity index (χ0n) is 18.2. The molecule has 0 radical (unpaired) electrons. The van der Waals surface area contributed by atoms with Crippen molar-refractivity contribution in [2.24, 2.45) is 5.73 Å². The van der Waals surface area contributed by atoms with E-state index in [1.54, 1.807) is 12.1 Å². The molecule has 168 valence electrons. The fourth-order valence-electron chi connectivity index (χ4n) is 3.09. The average molecular weight is 428 g/mol. The van der Waals surface area contributed by atoms with Gasteiger partial charge in [-0.2, -0.15) is 0 Å². The monoisotopic (exact) mass is 427 g/mol. The molecule has 1 atom stereocenters. The van der Waals surface area contributed by atoms with Crippen molar-refractivity contribution in [1.82, 2.24) is 21.0 Å². The number of hydrogen-bond donors (Lipinski definition) is 5. The van der Waals surface area contributed by atoms with Gasteiger partial charge in [0.2, 0.25) is 0 Å². The van der Waals surface area contributed by atoms with Gasteiger partial charge in [0.25, 0.3) is 11.8 Å². The Balaban J connectivity index is 1.87. The van der Waals surface area contributed by atoms with Crippen LogP contribution in [0.3, 0.4) is 0 Å². The van der Waals surface area contributed by atoms with Crippen molar-refractivity contribution in [2.45, 2.75) is 25.4 Å². The van der Waals surface area contributed by atoms with Gasteiger partial charge in [0, 0.05) is 18.7 Å². The molecular weight excluding hydrogens is 394 g/mol. The summed E-state index contributed by atoms with van der Waals surface area (Å²) in [7, 11) is 4.18. The van der Waals surface area contributed by atoms with Gasteiger partial charge in [-0.3, -0.25) is 14.8 Å². The molecule has 0 spiro atoms. The standard InChI is InChI=1S/C23H33N5O3/c1-28(2)14-4-3-13-25-16-17-5-7-18(8-6-17)19-9-11-20(12-10-19)22(29)26-21(15-24)23(30)27-31/h5-12,21,25,31H,3-4,13-16,24H2,1-2H3,(H,26,29)(H,27,30)/t21-/m0/s1. The van der Waals surface area contributed by atoms with Gasteiger partial charge in [0.1, 0.15) is 6.04 Å². The lowest BCUT2D eigenvalue weighted by atomic mass is 10.0. The lowest BCUT2D eigenvalue weighted by Gasteiger charge is -2.14. The Kier molecular flexibility index (Phi) is 10.1. The fourth-order valence-corrected chi connectivity index (χ4v) is 3.09. The highest BCUT2D eigenvalue weighted by molar-refractivity contribution is 5.97. The molecule has 8 nitrogen and oxygen atoms in total. The van der Waals surface area contributed by atoms with E-state index in [9.17, 15) is 9.59 Å². The van der Waals surface area contributed by atoms with Crippen molar-refractivity contribution < 1.29 is 14.8 Å². The van der Waals surface area contributed by atoms with E-state index in [1.807, 2.05) is 12.1 Å². The average Bonchev–Trinajstić information content (AvgIpc) is 2.79. The number of amides is 2. The van der Waals surface area contributed by atoms with E-state index in [-0.39, 0.29) is 6.54 Å². The van der Waals surface area contributed by atoms with Crippen molar-refractivity contribution in [1.29, 1.82) is 0 Å². The maximum absolute atomic E-state index is 12.3. The van der Waals surface area contributed by atoms with Gasteiger partial charge in [-0.05, 0) is 68.8 Å². The number of hydrogen-bond acceptors (Lipinski definition) is 6. The van der Waals surface area contributed by atoms with Crippen molar-refractivity contribution in [3.63, 3.8) is 0 Å². The second-order valence-electron chi connectivity index (χ2n) is 7.70. The summed E-state index contributed by atoms with van der Waals surface area (Å²) in [5.74, 6) is -1.19. The highest BCUT2D eigenvalue weighted by Crippen LogP contribution is 2.20. The van der Waals surface area contributed by atoms with E-state index in [1.165, 1.54) is 17.5 Å². The minimum Gasteiger partial charge on any atom is -0.339 e. The Labute approximate surface area is 183 Å². The molecule has 0 fully saturated rings. The van der Waals surface area contributed by atoms with E-state index in [0.29, 0.717) is 5.56 Å². The third-order valence-corrected chi connectivity index (χ3v) is 4.94. The molecule has 2 amide bonds. The van der Waals surface area contributed by atoms with Crippen LogP contribution in [0.5, 0.6) is 0 Å². The Morgan fingerprint density at radius 2 is 1.61 bits per heavy atom. The normalized spacial score (nSPS) is 11.9. The number of hydroxylamine groups is 1. The first-order valence-electron chi connectivity index (χ1n) is 10.4. The van der Waals surface area contributed by atoms with Crippen LogP contribution in [0.15, 0.2) is 48.5 Å². The highest BCUT2D eigenvalue weighted by Gasteiger charge is 2.19. The first kappa shape index (κ1) is 24.5. The molecule has 2 aromatic rings. The summed E-state index contributed by atoms with van der Waals surface area (Å²) in [5.41, 5.74) is 10.6. The summed E-state index contributed by atoms with van der Waals surface area (Å²) in [6.07, 6.45) is 2.35. The predicted molar refractivity (Wildman–Crippen MR) is 122 cm³/mol. The van der Waals surface area contributed by atoms with Gasteiger partial charge in [0.15, 0.2) is 0 Å². The van der Waals surface area contributed by atoms with Gasteiger partial charge < -0.3 is 21.3 Å². The molecule has 0 aliphatic carbocycles. The van der Waals surface area contributed by atoms with E-state index >= 15 is 0 Å². The van der Waals surface area contributed by atoms with Crippen LogP contribution in [0, 0.1) is 0 Å². The van der Waals surface area contributed by atoms with Gasteiger partial charge in [-0.25, -0.2) is 5.48 Å². The highest BCUT2D eigenvalue weighted by atomic mass is 16.5. The first-order chi connectivity index (χ1) is 14.9. The molecule has 0 heterocycles. The summed E-state index contributed by atoms with van der Waals surface area (Å²) >= 11 is 0.